The van der Waals surface area contributed by atoms with Gasteiger partial charge in [0, 0.05) is 20.0 Å². The predicted octanol–water partition coefficient (Wildman–Crippen LogP) is 1.07. The van der Waals surface area contributed by atoms with E-state index in [4.69, 9.17) is 0 Å². The molecule has 0 aromatic heterocycles. The molecule has 2 rings (SSSR count). The molecular formula is C14H16N2O3. The van der Waals surface area contributed by atoms with Gasteiger partial charge in [0.05, 0.1) is 0 Å². The first-order valence-corrected chi connectivity index (χ1v) is 6.03. The molecule has 19 heavy (non-hydrogen) atoms. The van der Waals surface area contributed by atoms with Crippen molar-refractivity contribution in [3.8, 4) is 5.75 Å². The maximum atomic E-state index is 11.0. The van der Waals surface area contributed by atoms with E-state index >= 15 is 0 Å². The lowest BCUT2D eigenvalue weighted by atomic mass is 9.88. The predicted molar refractivity (Wildman–Crippen MR) is 71.9 cm³/mol. The minimum absolute atomic E-state index is 0.0257. The van der Waals surface area contributed by atoms with Crippen molar-refractivity contribution in [1.82, 2.24) is 5.32 Å². The van der Waals surface area contributed by atoms with Crippen molar-refractivity contribution in [2.24, 2.45) is 4.99 Å². The van der Waals surface area contributed by atoms with Crippen LogP contribution in [0, 0.1) is 0 Å². The van der Waals surface area contributed by atoms with Crippen LogP contribution in [-0.4, -0.2) is 28.6 Å². The van der Waals surface area contributed by atoms with Crippen LogP contribution < -0.4 is 5.32 Å². The average Bonchev–Trinajstić information content (AvgIpc) is 2.74. The number of phenols is 1. The fraction of sp³-hybridized carbons (Fsp3) is 0.286. The Bertz CT molecular complexity index is 534. The summed E-state index contributed by atoms with van der Waals surface area (Å²) in [5.41, 5.74) is 0.177. The number of aliphatic hydroxyl groups is 1. The van der Waals surface area contributed by atoms with E-state index in [2.05, 4.69) is 10.3 Å². The third kappa shape index (κ3) is 2.82. The van der Waals surface area contributed by atoms with E-state index in [9.17, 15) is 15.0 Å². The maximum absolute atomic E-state index is 11.0. The van der Waals surface area contributed by atoms with E-state index in [1.165, 1.54) is 6.92 Å². The average molecular weight is 260 g/mol. The molecule has 5 nitrogen and oxygen atoms in total. The van der Waals surface area contributed by atoms with Gasteiger partial charge in [-0.3, -0.25) is 9.79 Å². The molecule has 0 aliphatic carbocycles. The first kappa shape index (κ1) is 13.3. The molecule has 0 saturated heterocycles. The minimum Gasteiger partial charge on any atom is -0.508 e. The molecule has 1 aliphatic heterocycles. The minimum atomic E-state index is -0.680. The number of rotatable bonds is 3. The van der Waals surface area contributed by atoms with E-state index in [0.29, 0.717) is 12.3 Å². The summed E-state index contributed by atoms with van der Waals surface area (Å²) in [5.74, 6) is 0.471. The molecule has 100 valence electrons. The Labute approximate surface area is 111 Å². The van der Waals surface area contributed by atoms with E-state index in [0.717, 1.165) is 5.56 Å². The molecule has 1 aromatic rings. The van der Waals surface area contributed by atoms with Gasteiger partial charge in [-0.15, -0.1) is 0 Å². The quantitative estimate of drug-likeness (QED) is 0.760. The zero-order chi connectivity index (χ0) is 13.9. The van der Waals surface area contributed by atoms with E-state index in [1.807, 2.05) is 6.08 Å². The third-order valence-corrected chi connectivity index (χ3v) is 3.00. The third-order valence-electron chi connectivity index (χ3n) is 3.00. The molecule has 0 radical (unpaired) electrons. The summed E-state index contributed by atoms with van der Waals surface area (Å²) in [5, 5.41) is 21.2. The highest BCUT2D eigenvalue weighted by molar-refractivity contribution is 6.05. The number of amides is 1. The Hall–Kier alpha value is -2.14. The van der Waals surface area contributed by atoms with Crippen molar-refractivity contribution in [3.63, 3.8) is 0 Å². The van der Waals surface area contributed by atoms with Crippen molar-refractivity contribution in [1.29, 1.82) is 0 Å². The molecule has 1 aromatic carbocycles. The highest BCUT2D eigenvalue weighted by atomic mass is 16.3. The van der Waals surface area contributed by atoms with Crippen molar-refractivity contribution in [3.05, 3.63) is 42.0 Å². The fourth-order valence-corrected chi connectivity index (χ4v) is 2.12. The molecule has 1 heterocycles. The van der Waals surface area contributed by atoms with E-state index in [-0.39, 0.29) is 18.3 Å². The smallest absolute Gasteiger partial charge is 0.222 e. The van der Waals surface area contributed by atoms with E-state index in [1.54, 1.807) is 30.3 Å². The van der Waals surface area contributed by atoms with Gasteiger partial charge in [-0.1, -0.05) is 12.1 Å². The number of aliphatic hydroxyl groups excluding tert-OH is 1. The second-order valence-corrected chi connectivity index (χ2v) is 4.46. The zero-order valence-corrected chi connectivity index (χ0v) is 10.6. The molecule has 1 aliphatic rings. The normalized spacial score (nSPS) is 21.3. The van der Waals surface area contributed by atoms with Crippen LogP contribution in [0.5, 0.6) is 5.75 Å². The number of benzene rings is 1. The summed E-state index contributed by atoms with van der Waals surface area (Å²) >= 11 is 0. The van der Waals surface area contributed by atoms with Gasteiger partial charge in [-0.2, -0.15) is 0 Å². The van der Waals surface area contributed by atoms with Crippen LogP contribution in [0.15, 0.2) is 41.4 Å². The first-order valence-electron chi connectivity index (χ1n) is 6.03. The van der Waals surface area contributed by atoms with Crippen molar-refractivity contribution >= 4 is 11.7 Å². The van der Waals surface area contributed by atoms with Gasteiger partial charge in [0.1, 0.15) is 17.1 Å². The van der Waals surface area contributed by atoms with Gasteiger partial charge in [0.2, 0.25) is 5.91 Å². The number of amidine groups is 1. The molecule has 0 spiro atoms. The summed E-state index contributed by atoms with van der Waals surface area (Å²) in [6, 6.07) is 6.67. The highest BCUT2D eigenvalue weighted by Gasteiger charge is 2.32. The lowest BCUT2D eigenvalue weighted by Crippen LogP contribution is -2.27. The SMILES string of the molecule is CC(=O)NC1=NC(CCO)(c2ccc(O)cc2)C=C1. The summed E-state index contributed by atoms with van der Waals surface area (Å²) < 4.78 is 0. The zero-order valence-electron chi connectivity index (χ0n) is 10.6. The highest BCUT2D eigenvalue weighted by Crippen LogP contribution is 2.35. The lowest BCUT2D eigenvalue weighted by molar-refractivity contribution is -0.117. The number of aliphatic imine (C=N–C) groups is 1. The van der Waals surface area contributed by atoms with Gasteiger partial charge in [0.25, 0.3) is 0 Å². The standard InChI is InChI=1S/C14H16N2O3/c1-10(18)15-13-6-7-14(16-13,8-9-17)11-2-4-12(19)5-3-11/h2-7,17,19H,8-9H2,1H3,(H,15,16,18). The van der Waals surface area contributed by atoms with Gasteiger partial charge in [-0.25, -0.2) is 0 Å². The van der Waals surface area contributed by atoms with Crippen molar-refractivity contribution < 1.29 is 15.0 Å². The molecule has 1 unspecified atom stereocenters. The molecular weight excluding hydrogens is 244 g/mol. The number of nitrogens with zero attached hydrogens (tertiary/aromatic N) is 1. The number of hydrogen-bond acceptors (Lipinski definition) is 4. The fourth-order valence-electron chi connectivity index (χ4n) is 2.12. The molecule has 0 bridgehead atoms. The van der Waals surface area contributed by atoms with E-state index < -0.39 is 5.54 Å². The Balaban J connectivity index is 2.35. The maximum Gasteiger partial charge on any atom is 0.222 e. The van der Waals surface area contributed by atoms with Crippen LogP contribution >= 0.6 is 0 Å². The summed E-state index contributed by atoms with van der Waals surface area (Å²) in [7, 11) is 0. The summed E-state index contributed by atoms with van der Waals surface area (Å²) in [4.78, 5) is 15.5. The van der Waals surface area contributed by atoms with Crippen LogP contribution in [0.4, 0.5) is 0 Å². The van der Waals surface area contributed by atoms with Crippen LogP contribution in [-0.2, 0) is 10.3 Å². The van der Waals surface area contributed by atoms with Crippen LogP contribution in [0.2, 0.25) is 0 Å². The van der Waals surface area contributed by atoms with Crippen LogP contribution in [0.1, 0.15) is 18.9 Å². The molecule has 0 fully saturated rings. The second-order valence-electron chi connectivity index (χ2n) is 4.46. The Morgan fingerprint density at radius 1 is 1.37 bits per heavy atom. The van der Waals surface area contributed by atoms with Crippen molar-refractivity contribution in [2.75, 3.05) is 6.61 Å². The Kier molecular flexibility index (Phi) is 3.66. The molecule has 3 N–H and O–H groups in total. The Morgan fingerprint density at radius 3 is 2.63 bits per heavy atom. The number of phenolic OH excluding ortho intramolecular Hbond substituents is 1. The largest absolute Gasteiger partial charge is 0.508 e. The van der Waals surface area contributed by atoms with Crippen LogP contribution in [0.25, 0.3) is 0 Å². The molecule has 1 amide bonds. The number of carbonyl (C=O) groups excluding carboxylic acids is 1. The molecule has 0 saturated carbocycles. The van der Waals surface area contributed by atoms with Gasteiger partial charge in [-0.05, 0) is 29.8 Å². The van der Waals surface area contributed by atoms with Gasteiger partial charge < -0.3 is 15.5 Å². The Morgan fingerprint density at radius 2 is 2.05 bits per heavy atom. The number of nitrogens with one attached hydrogen (secondary N) is 1. The second kappa shape index (κ2) is 5.24. The molecule has 1 atom stereocenters. The first-order chi connectivity index (χ1) is 9.05. The van der Waals surface area contributed by atoms with Crippen LogP contribution in [0.3, 0.4) is 0 Å². The van der Waals surface area contributed by atoms with Gasteiger partial charge >= 0.3 is 0 Å². The van der Waals surface area contributed by atoms with Gasteiger partial charge in [0.15, 0.2) is 0 Å². The number of aromatic hydroxyl groups is 1. The number of carbonyl (C=O) groups is 1. The number of hydrogen-bond donors (Lipinski definition) is 3. The topological polar surface area (TPSA) is 81.9 Å². The monoisotopic (exact) mass is 260 g/mol. The molecule has 5 heteroatoms. The summed E-state index contributed by atoms with van der Waals surface area (Å²) in [6.45, 7) is 1.39. The lowest BCUT2D eigenvalue weighted by Gasteiger charge is -2.24. The summed E-state index contributed by atoms with van der Waals surface area (Å²) in [6.07, 6.45) is 3.99. The van der Waals surface area contributed by atoms with Crippen molar-refractivity contribution in [2.45, 2.75) is 18.9 Å².